The van der Waals surface area contributed by atoms with Crippen molar-refractivity contribution in [2.45, 2.75) is 51.7 Å². The molecule has 1 saturated heterocycles. The van der Waals surface area contributed by atoms with Gasteiger partial charge in [0.05, 0.1) is 5.60 Å². The quantitative estimate of drug-likeness (QED) is 0.517. The molecular weight excluding hydrogens is 409 g/mol. The van der Waals surface area contributed by atoms with Crippen molar-refractivity contribution in [3.63, 3.8) is 0 Å². The van der Waals surface area contributed by atoms with Crippen LogP contribution in [0.25, 0.3) is 0 Å². The summed E-state index contributed by atoms with van der Waals surface area (Å²) in [5.41, 5.74) is 2.01. The molecule has 1 amide bonds. The first-order chi connectivity index (χ1) is 15.4. The number of nitrogens with zero attached hydrogens (tertiary/aromatic N) is 1. The van der Waals surface area contributed by atoms with E-state index in [0.29, 0.717) is 38.4 Å². The van der Waals surface area contributed by atoms with Gasteiger partial charge in [-0.1, -0.05) is 26.0 Å². The molecule has 0 radical (unpaired) electrons. The Morgan fingerprint density at radius 1 is 1.12 bits per heavy atom. The molecule has 6 heteroatoms. The van der Waals surface area contributed by atoms with Gasteiger partial charge in [-0.05, 0) is 48.2 Å². The summed E-state index contributed by atoms with van der Waals surface area (Å²) in [5, 5.41) is 0. The molecule has 1 aliphatic heterocycles. The van der Waals surface area contributed by atoms with E-state index in [-0.39, 0.29) is 17.6 Å². The van der Waals surface area contributed by atoms with E-state index < -0.39 is 5.60 Å². The van der Waals surface area contributed by atoms with Gasteiger partial charge in [0, 0.05) is 57.9 Å². The number of halogens is 1. The van der Waals surface area contributed by atoms with Gasteiger partial charge in [0.2, 0.25) is 5.91 Å². The topological polar surface area (TPSA) is 48.0 Å². The number of anilines is 1. The Balaban J connectivity index is 1.68. The zero-order chi connectivity index (χ0) is 23.1. The molecule has 5 nitrogen and oxygen atoms in total. The van der Waals surface area contributed by atoms with Gasteiger partial charge in [-0.15, -0.1) is 0 Å². The van der Waals surface area contributed by atoms with Crippen LogP contribution in [0.3, 0.4) is 0 Å². The second-order valence-corrected chi connectivity index (χ2v) is 8.35. The number of methoxy groups -OCH3 is 1. The Morgan fingerprint density at radius 3 is 2.38 bits per heavy atom. The summed E-state index contributed by atoms with van der Waals surface area (Å²) in [5.74, 6) is 0.285. The molecule has 174 valence electrons. The van der Waals surface area contributed by atoms with Crippen molar-refractivity contribution in [2.24, 2.45) is 5.92 Å². The third kappa shape index (κ3) is 5.48. The average molecular weight is 444 g/mol. The van der Waals surface area contributed by atoms with Gasteiger partial charge in [-0.2, -0.15) is 0 Å². The largest absolute Gasteiger partial charge is 0.489 e. The Labute approximate surface area is 190 Å². The van der Waals surface area contributed by atoms with Gasteiger partial charge in [0.1, 0.15) is 18.2 Å². The van der Waals surface area contributed by atoms with Crippen LogP contribution in [0.5, 0.6) is 5.75 Å². The summed E-state index contributed by atoms with van der Waals surface area (Å²) >= 11 is 0. The van der Waals surface area contributed by atoms with E-state index in [9.17, 15) is 9.18 Å². The molecule has 0 aromatic heterocycles. The summed E-state index contributed by atoms with van der Waals surface area (Å²) in [6.45, 7) is 5.54. The fourth-order valence-electron chi connectivity index (χ4n) is 4.24. The molecular formula is C26H34FNO4. The highest BCUT2D eigenvalue weighted by Gasteiger charge is 2.35. The van der Waals surface area contributed by atoms with Crippen LogP contribution >= 0.6 is 0 Å². The lowest BCUT2D eigenvalue weighted by Crippen LogP contribution is -2.35. The molecule has 0 saturated carbocycles. The number of benzene rings is 2. The summed E-state index contributed by atoms with van der Waals surface area (Å²) < 4.78 is 31.5. The van der Waals surface area contributed by atoms with Gasteiger partial charge >= 0.3 is 0 Å². The zero-order valence-electron chi connectivity index (χ0n) is 19.5. The Morgan fingerprint density at radius 2 is 1.78 bits per heavy atom. The SMILES string of the molecule is CCC(CC)C(=O)N(C)c1ccc(COc2cc(F)cc(C3(OC)CCOCC3)c2)cc1. The van der Waals surface area contributed by atoms with Gasteiger partial charge < -0.3 is 19.1 Å². The number of carbonyl (C=O) groups excluding carboxylic acids is 1. The molecule has 1 fully saturated rings. The third-order valence-corrected chi connectivity index (χ3v) is 6.48. The summed E-state index contributed by atoms with van der Waals surface area (Å²) in [6.07, 6.45) is 3.02. The number of hydrogen-bond acceptors (Lipinski definition) is 4. The van der Waals surface area contributed by atoms with Crippen LogP contribution in [0.4, 0.5) is 10.1 Å². The lowest BCUT2D eigenvalue weighted by Gasteiger charge is -2.36. The number of hydrogen-bond donors (Lipinski definition) is 0. The Hall–Kier alpha value is -2.44. The van der Waals surface area contributed by atoms with Gasteiger partial charge in [-0.3, -0.25) is 4.79 Å². The smallest absolute Gasteiger partial charge is 0.229 e. The molecule has 0 N–H and O–H groups in total. The maximum absolute atomic E-state index is 14.4. The number of carbonyl (C=O) groups is 1. The van der Waals surface area contributed by atoms with Crippen LogP contribution in [-0.2, 0) is 26.5 Å². The van der Waals surface area contributed by atoms with Crippen molar-refractivity contribution < 1.29 is 23.4 Å². The molecule has 0 spiro atoms. The molecule has 32 heavy (non-hydrogen) atoms. The summed E-state index contributed by atoms with van der Waals surface area (Å²) in [6, 6.07) is 12.5. The lowest BCUT2D eigenvalue weighted by molar-refractivity contribution is -0.122. The Bertz CT molecular complexity index is 889. The van der Waals surface area contributed by atoms with E-state index in [1.54, 1.807) is 12.0 Å². The van der Waals surface area contributed by atoms with E-state index in [1.165, 1.54) is 12.1 Å². The standard InChI is InChI=1S/C26H34FNO4/c1-5-20(6-2)25(29)28(3)23-9-7-19(8-10-23)18-32-24-16-21(15-22(27)17-24)26(30-4)11-13-31-14-12-26/h7-10,15-17,20H,5-6,11-14,18H2,1-4H3. The molecule has 1 heterocycles. The minimum absolute atomic E-state index is 0.0382. The van der Waals surface area contributed by atoms with Crippen LogP contribution in [0.1, 0.15) is 50.7 Å². The van der Waals surface area contributed by atoms with Crippen LogP contribution in [0.2, 0.25) is 0 Å². The number of ether oxygens (including phenoxy) is 3. The molecule has 0 aliphatic carbocycles. The minimum Gasteiger partial charge on any atom is -0.489 e. The normalized spacial score (nSPS) is 15.6. The predicted octanol–water partition coefficient (Wildman–Crippen LogP) is 5.46. The maximum atomic E-state index is 14.4. The van der Waals surface area contributed by atoms with Crippen molar-refractivity contribution in [1.82, 2.24) is 0 Å². The first-order valence-electron chi connectivity index (χ1n) is 11.4. The first kappa shape index (κ1) is 24.2. The molecule has 0 unspecified atom stereocenters. The molecule has 3 rings (SSSR count). The van der Waals surface area contributed by atoms with Gasteiger partial charge in [-0.25, -0.2) is 4.39 Å². The molecule has 1 aliphatic rings. The van der Waals surface area contributed by atoms with Crippen molar-refractivity contribution in [2.75, 3.05) is 32.3 Å². The van der Waals surface area contributed by atoms with E-state index in [4.69, 9.17) is 14.2 Å². The highest BCUT2D eigenvalue weighted by atomic mass is 19.1. The van der Waals surface area contributed by atoms with Crippen LogP contribution in [0, 0.1) is 11.7 Å². The lowest BCUT2D eigenvalue weighted by atomic mass is 9.86. The number of amides is 1. The van der Waals surface area contributed by atoms with E-state index >= 15 is 0 Å². The second kappa shape index (κ2) is 10.9. The minimum atomic E-state index is -0.550. The molecule has 2 aromatic carbocycles. The van der Waals surface area contributed by atoms with E-state index in [1.807, 2.05) is 51.2 Å². The van der Waals surface area contributed by atoms with Gasteiger partial charge in [0.25, 0.3) is 0 Å². The molecule has 0 atom stereocenters. The predicted molar refractivity (Wildman–Crippen MR) is 123 cm³/mol. The monoisotopic (exact) mass is 443 g/mol. The fraction of sp³-hybridized carbons (Fsp3) is 0.500. The highest BCUT2D eigenvalue weighted by molar-refractivity contribution is 5.94. The van der Waals surface area contributed by atoms with Crippen molar-refractivity contribution in [3.8, 4) is 5.75 Å². The van der Waals surface area contributed by atoms with Crippen LogP contribution in [-0.4, -0.2) is 33.3 Å². The molecule has 0 bridgehead atoms. The van der Waals surface area contributed by atoms with Crippen molar-refractivity contribution in [1.29, 1.82) is 0 Å². The average Bonchev–Trinajstić information content (AvgIpc) is 2.83. The zero-order valence-corrected chi connectivity index (χ0v) is 19.5. The fourth-order valence-corrected chi connectivity index (χ4v) is 4.24. The van der Waals surface area contributed by atoms with Crippen molar-refractivity contribution in [3.05, 3.63) is 59.4 Å². The number of rotatable bonds is 9. The van der Waals surface area contributed by atoms with Crippen LogP contribution in [0.15, 0.2) is 42.5 Å². The molecule has 2 aromatic rings. The van der Waals surface area contributed by atoms with Crippen LogP contribution < -0.4 is 9.64 Å². The first-order valence-corrected chi connectivity index (χ1v) is 11.4. The maximum Gasteiger partial charge on any atom is 0.229 e. The highest BCUT2D eigenvalue weighted by Crippen LogP contribution is 2.37. The Kier molecular flexibility index (Phi) is 8.26. The van der Waals surface area contributed by atoms with E-state index in [0.717, 1.165) is 29.7 Å². The summed E-state index contributed by atoms with van der Waals surface area (Å²) in [4.78, 5) is 14.3. The van der Waals surface area contributed by atoms with Gasteiger partial charge in [0.15, 0.2) is 0 Å². The van der Waals surface area contributed by atoms with Crippen molar-refractivity contribution >= 4 is 11.6 Å². The van der Waals surface area contributed by atoms with E-state index in [2.05, 4.69) is 0 Å². The second-order valence-electron chi connectivity index (χ2n) is 8.35. The summed E-state index contributed by atoms with van der Waals surface area (Å²) in [7, 11) is 3.46. The third-order valence-electron chi connectivity index (χ3n) is 6.48.